The molecule has 0 spiro atoms. The van der Waals surface area contributed by atoms with Crippen molar-refractivity contribution in [2.45, 2.75) is 6.42 Å². The van der Waals surface area contributed by atoms with Gasteiger partial charge in [-0.25, -0.2) is 0 Å². The van der Waals surface area contributed by atoms with Crippen molar-refractivity contribution in [2.75, 3.05) is 5.73 Å². The van der Waals surface area contributed by atoms with Crippen LogP contribution >= 0.6 is 11.3 Å². The molecule has 0 unspecified atom stereocenters. The predicted octanol–water partition coefficient (Wildman–Crippen LogP) is 2.76. The van der Waals surface area contributed by atoms with Crippen LogP contribution in [0.4, 0.5) is 5.69 Å². The molecule has 0 fully saturated rings. The lowest BCUT2D eigenvalue weighted by atomic mass is 10.0. The molecule has 0 atom stereocenters. The number of nitrogen functional groups attached to an aromatic ring is 1. The van der Waals surface area contributed by atoms with Crippen molar-refractivity contribution in [3.05, 3.63) is 52.2 Å². The highest BCUT2D eigenvalue weighted by atomic mass is 32.1. The summed E-state index contributed by atoms with van der Waals surface area (Å²) in [6.07, 6.45) is 0.428. The highest BCUT2D eigenvalue weighted by Crippen LogP contribution is 2.15. The Balaban J connectivity index is 2.19. The number of benzene rings is 1. The number of nitrogens with two attached hydrogens (primary N) is 1. The molecule has 0 bridgehead atoms. The third kappa shape index (κ3) is 2.25. The van der Waals surface area contributed by atoms with Crippen molar-refractivity contribution in [1.29, 1.82) is 0 Å². The second-order valence-corrected chi connectivity index (χ2v) is 4.10. The van der Waals surface area contributed by atoms with E-state index in [9.17, 15) is 4.79 Å². The van der Waals surface area contributed by atoms with E-state index in [-0.39, 0.29) is 5.78 Å². The summed E-state index contributed by atoms with van der Waals surface area (Å²) in [6.45, 7) is 0. The van der Waals surface area contributed by atoms with Gasteiger partial charge in [-0.15, -0.1) is 0 Å². The summed E-state index contributed by atoms with van der Waals surface area (Å²) in [4.78, 5) is 11.9. The number of hydrogen-bond donors (Lipinski definition) is 1. The average Bonchev–Trinajstić information content (AvgIpc) is 2.71. The molecule has 2 nitrogen and oxygen atoms in total. The second kappa shape index (κ2) is 4.28. The standard InChI is InChI=1S/C12H11NOS/c13-11-4-2-1-3-10(11)12(14)7-9-5-6-15-8-9/h1-6,8H,7,13H2. The number of ketones is 1. The van der Waals surface area contributed by atoms with E-state index in [1.165, 1.54) is 0 Å². The lowest BCUT2D eigenvalue weighted by molar-refractivity contribution is 0.0994. The minimum Gasteiger partial charge on any atom is -0.398 e. The van der Waals surface area contributed by atoms with Crippen molar-refractivity contribution >= 4 is 22.8 Å². The van der Waals surface area contributed by atoms with Crippen LogP contribution in [0, 0.1) is 0 Å². The number of Topliss-reactive ketones (excluding diaryl/α,β-unsaturated/α-hetero) is 1. The number of rotatable bonds is 3. The summed E-state index contributed by atoms with van der Waals surface area (Å²) >= 11 is 1.60. The third-order valence-electron chi connectivity index (χ3n) is 2.21. The Morgan fingerprint density at radius 3 is 2.73 bits per heavy atom. The van der Waals surface area contributed by atoms with Crippen molar-refractivity contribution in [2.24, 2.45) is 0 Å². The van der Waals surface area contributed by atoms with Crippen LogP contribution in [0.5, 0.6) is 0 Å². The van der Waals surface area contributed by atoms with Gasteiger partial charge in [-0.1, -0.05) is 12.1 Å². The third-order valence-corrected chi connectivity index (χ3v) is 2.94. The summed E-state index contributed by atoms with van der Waals surface area (Å²) in [5.74, 6) is 0.0755. The van der Waals surface area contributed by atoms with Gasteiger partial charge in [-0.2, -0.15) is 11.3 Å². The Morgan fingerprint density at radius 2 is 2.07 bits per heavy atom. The molecule has 1 heterocycles. The van der Waals surface area contributed by atoms with E-state index in [2.05, 4.69) is 0 Å². The molecule has 2 aromatic rings. The van der Waals surface area contributed by atoms with Crippen molar-refractivity contribution in [3.8, 4) is 0 Å². The Labute approximate surface area is 92.4 Å². The van der Waals surface area contributed by atoms with Crippen LogP contribution in [0.15, 0.2) is 41.1 Å². The molecule has 0 saturated carbocycles. The predicted molar refractivity (Wildman–Crippen MR) is 63.2 cm³/mol. The molecule has 0 aliphatic heterocycles. The summed E-state index contributed by atoms with van der Waals surface area (Å²) in [6, 6.07) is 9.14. The highest BCUT2D eigenvalue weighted by Gasteiger charge is 2.09. The molecule has 0 saturated heterocycles. The van der Waals surface area contributed by atoms with Gasteiger partial charge in [-0.3, -0.25) is 4.79 Å². The van der Waals surface area contributed by atoms with Gasteiger partial charge in [0.15, 0.2) is 5.78 Å². The second-order valence-electron chi connectivity index (χ2n) is 3.32. The van der Waals surface area contributed by atoms with Crippen molar-refractivity contribution in [1.82, 2.24) is 0 Å². The monoisotopic (exact) mass is 217 g/mol. The lowest BCUT2D eigenvalue weighted by Crippen LogP contribution is -2.06. The van der Waals surface area contributed by atoms with Gasteiger partial charge < -0.3 is 5.73 Å². The maximum atomic E-state index is 11.9. The summed E-state index contributed by atoms with van der Waals surface area (Å²) in [5.41, 5.74) is 7.95. The molecule has 1 aromatic carbocycles. The molecule has 15 heavy (non-hydrogen) atoms. The zero-order valence-corrected chi connectivity index (χ0v) is 8.96. The van der Waals surface area contributed by atoms with E-state index in [0.29, 0.717) is 17.7 Å². The molecule has 3 heteroatoms. The van der Waals surface area contributed by atoms with E-state index in [4.69, 9.17) is 5.73 Å². The van der Waals surface area contributed by atoms with Crippen LogP contribution in [0.1, 0.15) is 15.9 Å². The Morgan fingerprint density at radius 1 is 1.27 bits per heavy atom. The normalized spacial score (nSPS) is 10.1. The SMILES string of the molecule is Nc1ccccc1C(=O)Cc1ccsc1. The molecular weight excluding hydrogens is 206 g/mol. The number of carbonyl (C=O) groups is 1. The first-order valence-corrected chi connectivity index (χ1v) is 5.60. The molecule has 0 radical (unpaired) electrons. The zero-order valence-electron chi connectivity index (χ0n) is 8.14. The number of anilines is 1. The fraction of sp³-hybridized carbons (Fsp3) is 0.0833. The molecule has 76 valence electrons. The number of thiophene rings is 1. The summed E-state index contributed by atoms with van der Waals surface area (Å²) in [5, 5.41) is 3.95. The van der Waals surface area contributed by atoms with Crippen LogP contribution in [0.3, 0.4) is 0 Å². The first kappa shape index (κ1) is 9.93. The molecule has 1 aromatic heterocycles. The molecular formula is C12H11NOS. The van der Waals surface area contributed by atoms with Crippen molar-refractivity contribution < 1.29 is 4.79 Å². The maximum absolute atomic E-state index is 11.9. The number of para-hydroxylation sites is 1. The Hall–Kier alpha value is -1.61. The smallest absolute Gasteiger partial charge is 0.169 e. The van der Waals surface area contributed by atoms with Gasteiger partial charge in [0.25, 0.3) is 0 Å². The molecule has 0 aliphatic rings. The topological polar surface area (TPSA) is 43.1 Å². The first-order valence-electron chi connectivity index (χ1n) is 4.66. The fourth-order valence-corrected chi connectivity index (χ4v) is 2.09. The van der Waals surface area contributed by atoms with E-state index < -0.39 is 0 Å². The lowest BCUT2D eigenvalue weighted by Gasteiger charge is -2.02. The van der Waals surface area contributed by atoms with E-state index in [1.807, 2.05) is 29.0 Å². The van der Waals surface area contributed by atoms with Crippen LogP contribution in [-0.2, 0) is 6.42 Å². The van der Waals surface area contributed by atoms with Crippen LogP contribution in [0.25, 0.3) is 0 Å². The van der Waals surface area contributed by atoms with Crippen molar-refractivity contribution in [3.63, 3.8) is 0 Å². The van der Waals surface area contributed by atoms with Gasteiger partial charge in [0.05, 0.1) is 0 Å². The fourth-order valence-electron chi connectivity index (χ4n) is 1.42. The van der Waals surface area contributed by atoms with Gasteiger partial charge in [0, 0.05) is 17.7 Å². The average molecular weight is 217 g/mol. The van der Waals surface area contributed by atoms with Crippen LogP contribution in [-0.4, -0.2) is 5.78 Å². The van der Waals surface area contributed by atoms with Crippen LogP contribution in [0.2, 0.25) is 0 Å². The van der Waals surface area contributed by atoms with E-state index in [0.717, 1.165) is 5.56 Å². The van der Waals surface area contributed by atoms with Crippen LogP contribution < -0.4 is 5.73 Å². The molecule has 2 rings (SSSR count). The quantitative estimate of drug-likeness (QED) is 0.634. The summed E-state index contributed by atoms with van der Waals surface area (Å²) < 4.78 is 0. The van der Waals surface area contributed by atoms with Gasteiger partial charge in [0.1, 0.15) is 0 Å². The largest absolute Gasteiger partial charge is 0.398 e. The Bertz CT molecular complexity index is 462. The van der Waals surface area contributed by atoms with Gasteiger partial charge >= 0.3 is 0 Å². The molecule has 2 N–H and O–H groups in total. The number of carbonyl (C=O) groups excluding carboxylic acids is 1. The minimum atomic E-state index is 0.0755. The first-order chi connectivity index (χ1) is 7.27. The van der Waals surface area contributed by atoms with E-state index in [1.54, 1.807) is 23.5 Å². The van der Waals surface area contributed by atoms with Gasteiger partial charge in [-0.05, 0) is 34.5 Å². The number of hydrogen-bond acceptors (Lipinski definition) is 3. The minimum absolute atomic E-state index is 0.0755. The molecule has 0 aliphatic carbocycles. The maximum Gasteiger partial charge on any atom is 0.169 e. The highest BCUT2D eigenvalue weighted by molar-refractivity contribution is 7.08. The molecule has 0 amide bonds. The van der Waals surface area contributed by atoms with Gasteiger partial charge in [0.2, 0.25) is 0 Å². The Kier molecular flexibility index (Phi) is 2.83. The zero-order chi connectivity index (χ0) is 10.7. The summed E-state index contributed by atoms with van der Waals surface area (Å²) in [7, 11) is 0. The van der Waals surface area contributed by atoms with E-state index >= 15 is 0 Å².